The Balaban J connectivity index is 1.78. The fourth-order valence-corrected chi connectivity index (χ4v) is 5.12. The molecule has 0 aliphatic carbocycles. The number of alkyl carbamates (subject to hydrolysis) is 1. The molecule has 0 bridgehead atoms. The maximum absolute atomic E-state index is 13.4. The van der Waals surface area contributed by atoms with Crippen LogP contribution in [0.25, 0.3) is 10.1 Å². The molecule has 3 rings (SSSR count). The third kappa shape index (κ3) is 10.6. The molecule has 0 aliphatic heterocycles. The molecule has 3 atom stereocenters. The van der Waals surface area contributed by atoms with Gasteiger partial charge in [0.15, 0.2) is 0 Å². The molecule has 17 heteroatoms. The third-order valence-electron chi connectivity index (χ3n) is 6.10. The van der Waals surface area contributed by atoms with Crippen LogP contribution in [0.15, 0.2) is 48.8 Å². The number of pyridine rings is 1. The Kier molecular flexibility index (Phi) is 11.3. The highest BCUT2D eigenvalue weighted by atomic mass is 32.1. The summed E-state index contributed by atoms with van der Waals surface area (Å²) >= 11 is 1.34. The minimum absolute atomic E-state index is 0.103. The number of hydrogen-bond donors (Lipinski definition) is 3. The first-order valence-corrected chi connectivity index (χ1v) is 14.0. The molecule has 2 amide bonds. The molecule has 3 aromatic rings. The number of nitrogens with zero attached hydrogens (tertiary/aromatic N) is 3. The van der Waals surface area contributed by atoms with E-state index in [2.05, 4.69) is 25.3 Å². The second-order valence-electron chi connectivity index (χ2n) is 10.6. The second kappa shape index (κ2) is 14.9. The molecule has 0 fully saturated rings. The number of aromatic nitrogens is 1. The predicted molar refractivity (Wildman–Crippen MR) is 156 cm³/mol. The van der Waals surface area contributed by atoms with Crippen LogP contribution in [0, 0.1) is 26.1 Å². The Hall–Kier alpha value is -5.06. The second-order valence-corrected chi connectivity index (χ2v) is 11.7. The molecular weight excluding hydrogens is 602 g/mol. The van der Waals surface area contributed by atoms with Crippen molar-refractivity contribution in [2.75, 3.05) is 18.5 Å². The van der Waals surface area contributed by atoms with Crippen LogP contribution < -0.4 is 10.6 Å². The Labute approximate surface area is 254 Å². The number of thiophene rings is 1. The van der Waals surface area contributed by atoms with E-state index in [4.69, 9.17) is 4.74 Å². The molecule has 16 nitrogen and oxygen atoms in total. The average molecular weight is 634 g/mol. The zero-order chi connectivity index (χ0) is 32.4. The molecule has 3 unspecified atom stereocenters. The molecule has 0 saturated heterocycles. The summed E-state index contributed by atoms with van der Waals surface area (Å²) in [5.74, 6) is -3.80. The van der Waals surface area contributed by atoms with Gasteiger partial charge in [-0.15, -0.1) is 31.6 Å². The fraction of sp³-hybridized carbons (Fsp3) is 0.407. The number of carbonyl (C=O) groups is 3. The van der Waals surface area contributed by atoms with Crippen LogP contribution in [0.4, 0.5) is 9.80 Å². The van der Waals surface area contributed by atoms with Crippen molar-refractivity contribution in [2.24, 2.45) is 5.92 Å². The van der Waals surface area contributed by atoms with Gasteiger partial charge in [0.05, 0.1) is 21.5 Å². The smallest absolute Gasteiger partial charge is 0.407 e. The van der Waals surface area contributed by atoms with Crippen LogP contribution in [0.2, 0.25) is 0 Å². The van der Waals surface area contributed by atoms with Crippen molar-refractivity contribution in [1.82, 2.24) is 10.3 Å². The van der Waals surface area contributed by atoms with E-state index in [1.165, 1.54) is 11.3 Å². The van der Waals surface area contributed by atoms with Gasteiger partial charge in [-0.3, -0.25) is 14.6 Å². The summed E-state index contributed by atoms with van der Waals surface area (Å²) in [6.45, 7) is 4.18. The Morgan fingerprint density at radius 2 is 1.80 bits per heavy atom. The van der Waals surface area contributed by atoms with Crippen LogP contribution in [0.1, 0.15) is 44.2 Å². The number of carbonyl (C=O) groups excluding carboxylic acids is 2. The quantitative estimate of drug-likeness (QED) is 0.160. The minimum Gasteiger partial charge on any atom is -0.481 e. The first kappa shape index (κ1) is 33.4. The van der Waals surface area contributed by atoms with E-state index >= 15 is 0 Å². The van der Waals surface area contributed by atoms with Crippen molar-refractivity contribution in [3.8, 4) is 0 Å². The lowest BCUT2D eigenvalue weighted by molar-refractivity contribution is -0.790. The molecule has 3 N–H and O–H groups in total. The number of carboxylic acids is 1. The van der Waals surface area contributed by atoms with Crippen molar-refractivity contribution in [2.45, 2.75) is 51.2 Å². The summed E-state index contributed by atoms with van der Waals surface area (Å²) in [5, 5.41) is 35.6. The van der Waals surface area contributed by atoms with Crippen molar-refractivity contribution >= 4 is 44.4 Å². The molecule has 44 heavy (non-hydrogen) atoms. The number of rotatable bonds is 15. The summed E-state index contributed by atoms with van der Waals surface area (Å²) in [4.78, 5) is 71.6. The molecule has 0 saturated carbocycles. The van der Waals surface area contributed by atoms with Gasteiger partial charge in [0, 0.05) is 18.9 Å². The summed E-state index contributed by atoms with van der Waals surface area (Å²) < 4.78 is 6.17. The lowest BCUT2D eigenvalue weighted by atomic mass is 9.91. The van der Waals surface area contributed by atoms with Crippen molar-refractivity contribution in [3.63, 3.8) is 0 Å². The van der Waals surface area contributed by atoms with Crippen molar-refractivity contribution in [3.05, 3.63) is 80.1 Å². The zero-order valence-corrected chi connectivity index (χ0v) is 24.8. The number of anilines is 1. The molecule has 236 valence electrons. The largest absolute Gasteiger partial charge is 0.481 e. The molecule has 2 heterocycles. The Bertz CT molecular complexity index is 1460. The van der Waals surface area contributed by atoms with E-state index in [1.807, 2.05) is 6.07 Å². The lowest BCUT2D eigenvalue weighted by Gasteiger charge is -2.22. The predicted octanol–water partition coefficient (Wildman–Crippen LogP) is 3.96. The molecule has 1 aromatic carbocycles. The number of nitrogens with one attached hydrogen (secondary N) is 2. The third-order valence-corrected chi connectivity index (χ3v) is 7.10. The highest BCUT2D eigenvalue weighted by molar-refractivity contribution is 7.22. The molecule has 0 radical (unpaired) electrons. The number of ether oxygens (including phenoxy) is 1. The first-order valence-electron chi connectivity index (χ1n) is 13.2. The normalized spacial score (nSPS) is 13.2. The maximum atomic E-state index is 13.4. The van der Waals surface area contributed by atoms with E-state index in [1.54, 1.807) is 63.5 Å². The summed E-state index contributed by atoms with van der Waals surface area (Å²) in [6.07, 6.45) is 0.571. The number of hydrogen-bond acceptors (Lipinski definition) is 12. The highest BCUT2D eigenvalue weighted by Gasteiger charge is 2.28. The minimum atomic E-state index is -1.49. The molecule has 0 aliphatic rings. The number of carboxylic acid groups (broad SMARTS) is 1. The van der Waals surface area contributed by atoms with Gasteiger partial charge in [-0.2, -0.15) is 0 Å². The van der Waals surface area contributed by atoms with Gasteiger partial charge in [-0.1, -0.05) is 24.3 Å². The maximum Gasteiger partial charge on any atom is 0.407 e. The van der Waals surface area contributed by atoms with Gasteiger partial charge in [0.2, 0.25) is 5.91 Å². The Morgan fingerprint density at radius 1 is 1.09 bits per heavy atom. The fourth-order valence-electron chi connectivity index (χ4n) is 4.18. The number of amides is 2. The lowest BCUT2D eigenvalue weighted by Crippen LogP contribution is -2.37. The summed E-state index contributed by atoms with van der Waals surface area (Å²) in [6, 6.07) is 9.99. The number of fused-ring (bicyclic) bond motifs is 1. The van der Waals surface area contributed by atoms with Gasteiger partial charge in [-0.25, -0.2) is 4.79 Å². The van der Waals surface area contributed by atoms with E-state index in [-0.39, 0.29) is 13.0 Å². The zero-order valence-electron chi connectivity index (χ0n) is 24.0. The van der Waals surface area contributed by atoms with Gasteiger partial charge >= 0.3 is 12.1 Å². The molecular formula is C27H31N5O11S. The topological polar surface area (TPSA) is 222 Å². The van der Waals surface area contributed by atoms with Gasteiger partial charge in [0.25, 0.3) is 10.2 Å². The van der Waals surface area contributed by atoms with Gasteiger partial charge in [0.1, 0.15) is 18.3 Å². The van der Waals surface area contributed by atoms with Gasteiger partial charge < -0.3 is 30.2 Å². The first-order chi connectivity index (χ1) is 20.7. The highest BCUT2D eigenvalue weighted by Crippen LogP contribution is 2.30. The van der Waals surface area contributed by atoms with E-state index < -0.39 is 64.7 Å². The van der Waals surface area contributed by atoms with Crippen molar-refractivity contribution in [1.29, 1.82) is 0 Å². The van der Waals surface area contributed by atoms with Crippen LogP contribution in [0.5, 0.6) is 0 Å². The van der Waals surface area contributed by atoms with Crippen LogP contribution in [0.3, 0.4) is 0 Å². The SMILES string of the molecule is CC(C)(C)OC(=O)NCC(C(=O)Nc1cc2ccncc2s1)c1ccc(CC(CC(CO[N+](=O)[O-])O[N+](=O)[O-])C(=O)O)cc1. The van der Waals surface area contributed by atoms with Crippen molar-refractivity contribution < 1.29 is 44.1 Å². The number of aliphatic carboxylic acids is 1. The number of benzene rings is 1. The standard InChI is InChI=1S/C27H31N5O11S/c1-27(2,3)42-26(36)29-13-21(24(33)30-23-12-18-8-9-28-14-22(18)44-23)17-6-4-16(5-7-17)10-19(25(34)35)11-20(43-32(39)40)15-41-31(37)38/h4-9,12,14,19-21H,10-11,13,15H2,1-3H3,(H,29,36)(H,30,33)(H,34,35). The van der Waals surface area contributed by atoms with Gasteiger partial charge in [-0.05, 0) is 62.3 Å². The molecule has 2 aromatic heterocycles. The van der Waals surface area contributed by atoms with E-state index in [9.17, 15) is 39.7 Å². The molecule has 0 spiro atoms. The van der Waals surface area contributed by atoms with Crippen LogP contribution >= 0.6 is 11.3 Å². The van der Waals surface area contributed by atoms with Crippen LogP contribution in [-0.4, -0.2) is 63.1 Å². The van der Waals surface area contributed by atoms with E-state index in [0.717, 1.165) is 10.1 Å². The monoisotopic (exact) mass is 633 g/mol. The van der Waals surface area contributed by atoms with Crippen LogP contribution in [-0.2, 0) is 30.4 Å². The Morgan fingerprint density at radius 3 is 2.39 bits per heavy atom. The van der Waals surface area contributed by atoms with E-state index in [0.29, 0.717) is 16.1 Å². The summed E-state index contributed by atoms with van der Waals surface area (Å²) in [5.41, 5.74) is 0.257. The average Bonchev–Trinajstić information content (AvgIpc) is 3.33. The summed E-state index contributed by atoms with van der Waals surface area (Å²) in [7, 11) is 0.